The van der Waals surface area contributed by atoms with Gasteiger partial charge in [0.2, 0.25) is 0 Å². The lowest BCUT2D eigenvalue weighted by atomic mass is 9.95. The predicted molar refractivity (Wildman–Crippen MR) is 66.8 cm³/mol. The van der Waals surface area contributed by atoms with E-state index >= 15 is 0 Å². The van der Waals surface area contributed by atoms with Gasteiger partial charge in [-0.3, -0.25) is 0 Å². The van der Waals surface area contributed by atoms with Crippen LogP contribution in [0.15, 0.2) is 24.3 Å². The van der Waals surface area contributed by atoms with Crippen molar-refractivity contribution in [2.75, 3.05) is 0 Å². The van der Waals surface area contributed by atoms with Crippen LogP contribution in [0.1, 0.15) is 43.4 Å². The third-order valence-electron chi connectivity index (χ3n) is 4.19. The molecule has 1 saturated heterocycles. The molecule has 17 heavy (non-hydrogen) atoms. The van der Waals surface area contributed by atoms with Gasteiger partial charge in [0.25, 0.3) is 0 Å². The van der Waals surface area contributed by atoms with Gasteiger partial charge in [-0.05, 0) is 49.7 Å². The van der Waals surface area contributed by atoms with Gasteiger partial charge >= 0.3 is 0 Å². The SMILES string of the molecule is CC1CCC(CC2Cc3ccccc3C2O)O1. The Labute approximate surface area is 103 Å². The summed E-state index contributed by atoms with van der Waals surface area (Å²) in [6, 6.07) is 8.26. The highest BCUT2D eigenvalue weighted by Crippen LogP contribution is 2.40. The molecule has 1 fully saturated rings. The molecule has 2 aliphatic rings. The van der Waals surface area contributed by atoms with Gasteiger partial charge in [-0.1, -0.05) is 24.3 Å². The fourth-order valence-electron chi connectivity index (χ4n) is 3.27. The van der Waals surface area contributed by atoms with E-state index in [1.54, 1.807) is 0 Å². The molecule has 1 aliphatic carbocycles. The van der Waals surface area contributed by atoms with Crippen LogP contribution < -0.4 is 0 Å². The molecule has 2 nitrogen and oxygen atoms in total. The average Bonchev–Trinajstić information content (AvgIpc) is 2.86. The minimum atomic E-state index is -0.286. The van der Waals surface area contributed by atoms with Crippen LogP contribution in [0.3, 0.4) is 0 Å². The first-order valence-corrected chi connectivity index (χ1v) is 6.65. The first-order chi connectivity index (χ1) is 8.24. The van der Waals surface area contributed by atoms with Gasteiger partial charge in [-0.25, -0.2) is 0 Å². The molecule has 0 saturated carbocycles. The van der Waals surface area contributed by atoms with Gasteiger partial charge in [-0.15, -0.1) is 0 Å². The zero-order valence-electron chi connectivity index (χ0n) is 10.3. The lowest BCUT2D eigenvalue weighted by Crippen LogP contribution is -2.17. The summed E-state index contributed by atoms with van der Waals surface area (Å²) in [6.07, 6.45) is 4.80. The second-order valence-electron chi connectivity index (χ2n) is 5.49. The molecule has 2 heteroatoms. The van der Waals surface area contributed by atoms with Crippen molar-refractivity contribution in [1.82, 2.24) is 0 Å². The van der Waals surface area contributed by atoms with Gasteiger partial charge in [0.1, 0.15) is 0 Å². The predicted octanol–water partition coefficient (Wildman–Crippen LogP) is 2.85. The fourth-order valence-corrected chi connectivity index (χ4v) is 3.27. The highest BCUT2D eigenvalue weighted by atomic mass is 16.5. The summed E-state index contributed by atoms with van der Waals surface area (Å²) in [5.41, 5.74) is 2.44. The first kappa shape index (κ1) is 11.2. The van der Waals surface area contributed by atoms with Crippen LogP contribution >= 0.6 is 0 Å². The maximum atomic E-state index is 10.3. The number of ether oxygens (including phenoxy) is 1. The highest BCUT2D eigenvalue weighted by Gasteiger charge is 2.34. The Bertz CT molecular complexity index is 402. The Morgan fingerprint density at radius 1 is 1.29 bits per heavy atom. The Morgan fingerprint density at radius 2 is 2.12 bits per heavy atom. The maximum absolute atomic E-state index is 10.3. The van der Waals surface area contributed by atoms with E-state index in [0.29, 0.717) is 18.1 Å². The molecule has 0 bridgehead atoms. The minimum absolute atomic E-state index is 0.286. The molecular formula is C15H20O2. The van der Waals surface area contributed by atoms with E-state index in [0.717, 1.165) is 24.8 Å². The summed E-state index contributed by atoms with van der Waals surface area (Å²) >= 11 is 0. The summed E-state index contributed by atoms with van der Waals surface area (Å²) in [5, 5.41) is 10.3. The van der Waals surface area contributed by atoms with Crippen LogP contribution in [-0.4, -0.2) is 17.3 Å². The van der Waals surface area contributed by atoms with E-state index in [-0.39, 0.29) is 6.10 Å². The summed E-state index contributed by atoms with van der Waals surface area (Å²) in [5.74, 6) is 0.350. The Kier molecular flexibility index (Phi) is 2.93. The van der Waals surface area contributed by atoms with Crippen molar-refractivity contribution in [3.05, 3.63) is 35.4 Å². The Hall–Kier alpha value is -0.860. The number of fused-ring (bicyclic) bond motifs is 1. The van der Waals surface area contributed by atoms with Gasteiger partial charge in [0.05, 0.1) is 18.3 Å². The average molecular weight is 232 g/mol. The zero-order valence-corrected chi connectivity index (χ0v) is 10.3. The molecule has 1 aromatic rings. The maximum Gasteiger partial charge on any atom is 0.0825 e. The molecule has 4 atom stereocenters. The summed E-state index contributed by atoms with van der Waals surface area (Å²) < 4.78 is 5.86. The van der Waals surface area contributed by atoms with Crippen LogP contribution in [0.5, 0.6) is 0 Å². The molecule has 0 amide bonds. The zero-order chi connectivity index (χ0) is 11.8. The monoisotopic (exact) mass is 232 g/mol. The number of rotatable bonds is 2. The molecule has 4 unspecified atom stereocenters. The van der Waals surface area contributed by atoms with E-state index in [4.69, 9.17) is 4.74 Å². The van der Waals surface area contributed by atoms with Crippen LogP contribution in [-0.2, 0) is 11.2 Å². The van der Waals surface area contributed by atoms with Crippen LogP contribution in [0.4, 0.5) is 0 Å². The molecule has 1 aromatic carbocycles. The number of aliphatic hydroxyl groups is 1. The molecular weight excluding hydrogens is 212 g/mol. The molecule has 92 valence electrons. The number of benzene rings is 1. The second kappa shape index (κ2) is 4.43. The number of hydrogen-bond donors (Lipinski definition) is 1. The molecule has 0 aromatic heterocycles. The van der Waals surface area contributed by atoms with Crippen molar-refractivity contribution in [2.24, 2.45) is 5.92 Å². The van der Waals surface area contributed by atoms with E-state index in [1.165, 1.54) is 12.0 Å². The topological polar surface area (TPSA) is 29.5 Å². The smallest absolute Gasteiger partial charge is 0.0825 e. The molecule has 0 radical (unpaired) electrons. The van der Waals surface area contributed by atoms with E-state index in [2.05, 4.69) is 25.1 Å². The molecule has 1 heterocycles. The van der Waals surface area contributed by atoms with Crippen molar-refractivity contribution in [2.45, 2.75) is 50.9 Å². The summed E-state index contributed by atoms with van der Waals surface area (Å²) in [6.45, 7) is 2.14. The quantitative estimate of drug-likeness (QED) is 0.849. The van der Waals surface area contributed by atoms with E-state index in [1.807, 2.05) is 6.07 Å². The molecule has 1 N–H and O–H groups in total. The van der Waals surface area contributed by atoms with Gasteiger partial charge < -0.3 is 9.84 Å². The third-order valence-corrected chi connectivity index (χ3v) is 4.19. The van der Waals surface area contributed by atoms with Crippen LogP contribution in [0.2, 0.25) is 0 Å². The summed E-state index contributed by atoms with van der Waals surface area (Å²) in [7, 11) is 0. The second-order valence-corrected chi connectivity index (χ2v) is 5.49. The normalized spacial score (nSPS) is 36.1. The number of hydrogen-bond acceptors (Lipinski definition) is 2. The van der Waals surface area contributed by atoms with Gasteiger partial charge in [-0.2, -0.15) is 0 Å². The Morgan fingerprint density at radius 3 is 2.82 bits per heavy atom. The lowest BCUT2D eigenvalue weighted by Gasteiger charge is -2.19. The van der Waals surface area contributed by atoms with Gasteiger partial charge in [0.15, 0.2) is 0 Å². The van der Waals surface area contributed by atoms with Crippen molar-refractivity contribution >= 4 is 0 Å². The van der Waals surface area contributed by atoms with E-state index < -0.39 is 0 Å². The summed E-state index contributed by atoms with van der Waals surface area (Å²) in [4.78, 5) is 0. The largest absolute Gasteiger partial charge is 0.388 e. The minimum Gasteiger partial charge on any atom is -0.388 e. The number of aliphatic hydroxyl groups excluding tert-OH is 1. The van der Waals surface area contributed by atoms with Gasteiger partial charge in [0, 0.05) is 0 Å². The van der Waals surface area contributed by atoms with Crippen molar-refractivity contribution in [1.29, 1.82) is 0 Å². The fraction of sp³-hybridized carbons (Fsp3) is 0.600. The van der Waals surface area contributed by atoms with Crippen molar-refractivity contribution < 1.29 is 9.84 Å². The standard InChI is InChI=1S/C15H20O2/c1-10-6-7-13(17-10)9-12-8-11-4-2-3-5-14(11)15(12)16/h2-5,10,12-13,15-16H,6-9H2,1H3. The van der Waals surface area contributed by atoms with Crippen LogP contribution in [0.25, 0.3) is 0 Å². The molecule has 1 aliphatic heterocycles. The Balaban J connectivity index is 1.68. The molecule has 3 rings (SSSR count). The van der Waals surface area contributed by atoms with E-state index in [9.17, 15) is 5.11 Å². The van der Waals surface area contributed by atoms with Crippen LogP contribution in [0, 0.1) is 5.92 Å². The first-order valence-electron chi connectivity index (χ1n) is 6.65. The van der Waals surface area contributed by atoms with Crippen molar-refractivity contribution in [3.8, 4) is 0 Å². The van der Waals surface area contributed by atoms with Crippen molar-refractivity contribution in [3.63, 3.8) is 0 Å². The third kappa shape index (κ3) is 2.12. The molecule has 0 spiro atoms. The lowest BCUT2D eigenvalue weighted by molar-refractivity contribution is 0.0204. The highest BCUT2D eigenvalue weighted by molar-refractivity contribution is 5.34.